The van der Waals surface area contributed by atoms with Crippen LogP contribution in [-0.4, -0.2) is 42.1 Å². The number of benzene rings is 2. The van der Waals surface area contributed by atoms with Crippen molar-refractivity contribution < 1.29 is 13.9 Å². The summed E-state index contributed by atoms with van der Waals surface area (Å²) in [5.74, 6) is 0.749. The molecule has 0 aliphatic carbocycles. The molecule has 1 aromatic heterocycles. The van der Waals surface area contributed by atoms with Gasteiger partial charge in [0.25, 0.3) is 5.91 Å². The van der Waals surface area contributed by atoms with Crippen LogP contribution < -0.4 is 5.32 Å². The monoisotopic (exact) mass is 391 g/mol. The largest absolute Gasteiger partial charge is 0.441 e. The third kappa shape index (κ3) is 4.72. The summed E-state index contributed by atoms with van der Waals surface area (Å²) >= 11 is 0. The molecule has 4 rings (SSSR count). The van der Waals surface area contributed by atoms with Gasteiger partial charge < -0.3 is 14.5 Å². The third-order valence-corrected chi connectivity index (χ3v) is 5.09. The molecule has 1 fully saturated rings. The van der Waals surface area contributed by atoms with Gasteiger partial charge in [-0.3, -0.25) is 9.69 Å². The molecule has 150 valence electrons. The Balaban J connectivity index is 1.43. The second-order valence-electron chi connectivity index (χ2n) is 7.13. The SMILES string of the molecule is Cc1oc(-c2ccccc2)nc1C(=O)NCc1ccccc1CN1CCOCC1. The highest BCUT2D eigenvalue weighted by Gasteiger charge is 2.18. The van der Waals surface area contributed by atoms with E-state index in [1.54, 1.807) is 6.92 Å². The van der Waals surface area contributed by atoms with Gasteiger partial charge >= 0.3 is 0 Å². The Morgan fingerprint density at radius 1 is 1.03 bits per heavy atom. The van der Waals surface area contributed by atoms with E-state index in [4.69, 9.17) is 9.15 Å². The second kappa shape index (κ2) is 9.03. The summed E-state index contributed by atoms with van der Waals surface area (Å²) in [6, 6.07) is 17.8. The minimum Gasteiger partial charge on any atom is -0.441 e. The van der Waals surface area contributed by atoms with Crippen LogP contribution in [0.25, 0.3) is 11.5 Å². The van der Waals surface area contributed by atoms with Crippen LogP contribution in [0, 0.1) is 6.92 Å². The molecule has 0 bridgehead atoms. The lowest BCUT2D eigenvalue weighted by atomic mass is 10.1. The van der Waals surface area contributed by atoms with E-state index in [1.807, 2.05) is 42.5 Å². The van der Waals surface area contributed by atoms with Crippen LogP contribution >= 0.6 is 0 Å². The average molecular weight is 391 g/mol. The zero-order valence-electron chi connectivity index (χ0n) is 16.6. The number of aromatic nitrogens is 1. The van der Waals surface area contributed by atoms with Crippen LogP contribution in [0.5, 0.6) is 0 Å². The molecule has 2 heterocycles. The highest BCUT2D eigenvalue weighted by molar-refractivity contribution is 5.93. The average Bonchev–Trinajstić information content (AvgIpc) is 3.16. The molecular weight excluding hydrogens is 366 g/mol. The number of ether oxygens (including phenoxy) is 1. The summed E-state index contributed by atoms with van der Waals surface area (Å²) in [4.78, 5) is 19.5. The first-order valence-electron chi connectivity index (χ1n) is 9.88. The normalized spacial score (nSPS) is 14.7. The number of carbonyl (C=O) groups is 1. The Labute approximate surface area is 170 Å². The standard InChI is InChI=1S/C23H25N3O3/c1-17-21(25-23(29-17)18-7-3-2-4-8-18)22(27)24-15-19-9-5-6-10-20(19)16-26-11-13-28-14-12-26/h2-10H,11-16H2,1H3,(H,24,27). The number of aryl methyl sites for hydroxylation is 1. The lowest BCUT2D eigenvalue weighted by Crippen LogP contribution is -2.36. The van der Waals surface area contributed by atoms with Crippen LogP contribution in [0.1, 0.15) is 27.4 Å². The van der Waals surface area contributed by atoms with Gasteiger partial charge in [0.15, 0.2) is 5.69 Å². The van der Waals surface area contributed by atoms with Crippen molar-refractivity contribution >= 4 is 5.91 Å². The molecule has 6 heteroatoms. The second-order valence-corrected chi connectivity index (χ2v) is 7.13. The highest BCUT2D eigenvalue weighted by atomic mass is 16.5. The smallest absolute Gasteiger partial charge is 0.273 e. The van der Waals surface area contributed by atoms with Crippen LogP contribution in [0.2, 0.25) is 0 Å². The topological polar surface area (TPSA) is 67.6 Å². The Morgan fingerprint density at radius 2 is 1.72 bits per heavy atom. The van der Waals surface area contributed by atoms with Gasteiger partial charge in [-0.1, -0.05) is 42.5 Å². The van der Waals surface area contributed by atoms with Gasteiger partial charge in [0.05, 0.1) is 13.2 Å². The van der Waals surface area contributed by atoms with E-state index in [1.165, 1.54) is 5.56 Å². The summed E-state index contributed by atoms with van der Waals surface area (Å²) in [5.41, 5.74) is 3.51. The number of amides is 1. The van der Waals surface area contributed by atoms with Crippen molar-refractivity contribution in [1.82, 2.24) is 15.2 Å². The summed E-state index contributed by atoms with van der Waals surface area (Å²) in [6.45, 7) is 6.48. The Hall–Kier alpha value is -2.96. The number of nitrogens with zero attached hydrogens (tertiary/aromatic N) is 2. The molecular formula is C23H25N3O3. The summed E-state index contributed by atoms with van der Waals surface area (Å²) < 4.78 is 11.1. The maximum atomic E-state index is 12.7. The van der Waals surface area contributed by atoms with Crippen molar-refractivity contribution in [1.29, 1.82) is 0 Å². The first-order valence-corrected chi connectivity index (χ1v) is 9.88. The number of nitrogens with one attached hydrogen (secondary N) is 1. The van der Waals surface area contributed by atoms with E-state index in [9.17, 15) is 4.79 Å². The first kappa shape index (κ1) is 19.4. The van der Waals surface area contributed by atoms with Gasteiger partial charge in [0.2, 0.25) is 5.89 Å². The fourth-order valence-corrected chi connectivity index (χ4v) is 3.45. The van der Waals surface area contributed by atoms with Crippen LogP contribution in [0.3, 0.4) is 0 Å². The molecule has 6 nitrogen and oxygen atoms in total. The number of hydrogen-bond acceptors (Lipinski definition) is 5. The fourth-order valence-electron chi connectivity index (χ4n) is 3.45. The molecule has 1 aliphatic rings. The number of hydrogen-bond donors (Lipinski definition) is 1. The molecule has 1 N–H and O–H groups in total. The van der Waals surface area contributed by atoms with Crippen molar-refractivity contribution in [3.8, 4) is 11.5 Å². The molecule has 1 saturated heterocycles. The van der Waals surface area contributed by atoms with E-state index in [2.05, 4.69) is 27.3 Å². The van der Waals surface area contributed by atoms with Crippen molar-refractivity contribution in [2.24, 2.45) is 0 Å². The quantitative estimate of drug-likeness (QED) is 0.697. The first-order chi connectivity index (χ1) is 14.2. The molecule has 1 amide bonds. The van der Waals surface area contributed by atoms with Gasteiger partial charge in [0.1, 0.15) is 5.76 Å². The van der Waals surface area contributed by atoms with E-state index in [-0.39, 0.29) is 5.91 Å². The van der Waals surface area contributed by atoms with E-state index < -0.39 is 0 Å². The third-order valence-electron chi connectivity index (χ3n) is 5.09. The van der Waals surface area contributed by atoms with Crippen molar-refractivity contribution in [2.45, 2.75) is 20.0 Å². The number of carbonyl (C=O) groups excluding carboxylic acids is 1. The molecule has 0 unspecified atom stereocenters. The summed E-state index contributed by atoms with van der Waals surface area (Å²) in [7, 11) is 0. The zero-order valence-corrected chi connectivity index (χ0v) is 16.6. The number of oxazole rings is 1. The van der Waals surface area contributed by atoms with E-state index >= 15 is 0 Å². The van der Waals surface area contributed by atoms with Gasteiger partial charge in [-0.05, 0) is 30.2 Å². The maximum absolute atomic E-state index is 12.7. The summed E-state index contributed by atoms with van der Waals surface area (Å²) in [6.07, 6.45) is 0. The Bertz CT molecular complexity index is 963. The van der Waals surface area contributed by atoms with Gasteiger partial charge in [-0.15, -0.1) is 0 Å². The van der Waals surface area contributed by atoms with Crippen LogP contribution in [-0.2, 0) is 17.8 Å². The molecule has 1 aliphatic heterocycles. The Kier molecular flexibility index (Phi) is 6.03. The van der Waals surface area contributed by atoms with Crippen LogP contribution in [0.4, 0.5) is 0 Å². The fraction of sp³-hybridized carbons (Fsp3) is 0.304. The summed E-state index contributed by atoms with van der Waals surface area (Å²) in [5, 5.41) is 2.99. The van der Waals surface area contributed by atoms with Crippen molar-refractivity contribution in [3.05, 3.63) is 77.2 Å². The molecule has 29 heavy (non-hydrogen) atoms. The van der Waals surface area contributed by atoms with Gasteiger partial charge in [-0.2, -0.15) is 0 Å². The maximum Gasteiger partial charge on any atom is 0.273 e. The lowest BCUT2D eigenvalue weighted by molar-refractivity contribution is 0.0340. The zero-order chi connectivity index (χ0) is 20.1. The molecule has 2 aromatic carbocycles. The number of rotatable bonds is 6. The van der Waals surface area contributed by atoms with Gasteiger partial charge in [0, 0.05) is 31.7 Å². The highest BCUT2D eigenvalue weighted by Crippen LogP contribution is 2.21. The van der Waals surface area contributed by atoms with Crippen LogP contribution in [0.15, 0.2) is 59.0 Å². The molecule has 0 atom stereocenters. The molecule has 0 saturated carbocycles. The minimum atomic E-state index is -0.227. The predicted octanol–water partition coefficient (Wildman–Crippen LogP) is 3.41. The molecule has 0 spiro atoms. The minimum absolute atomic E-state index is 0.227. The predicted molar refractivity (Wildman–Crippen MR) is 110 cm³/mol. The molecule has 3 aromatic rings. The van der Waals surface area contributed by atoms with Crippen molar-refractivity contribution in [3.63, 3.8) is 0 Å². The van der Waals surface area contributed by atoms with Crippen molar-refractivity contribution in [2.75, 3.05) is 26.3 Å². The lowest BCUT2D eigenvalue weighted by Gasteiger charge is -2.27. The molecule has 0 radical (unpaired) electrons. The van der Waals surface area contributed by atoms with E-state index in [0.717, 1.165) is 44.0 Å². The number of morpholine rings is 1. The van der Waals surface area contributed by atoms with E-state index in [0.29, 0.717) is 23.9 Å². The Morgan fingerprint density at radius 3 is 2.48 bits per heavy atom. The van der Waals surface area contributed by atoms with Gasteiger partial charge in [-0.25, -0.2) is 4.98 Å².